The quantitative estimate of drug-likeness (QED) is 0.644. The van der Waals surface area contributed by atoms with Gasteiger partial charge in [-0.25, -0.2) is 0 Å². The summed E-state index contributed by atoms with van der Waals surface area (Å²) in [5.41, 5.74) is 0.869. The van der Waals surface area contributed by atoms with E-state index in [0.29, 0.717) is 19.1 Å². The summed E-state index contributed by atoms with van der Waals surface area (Å²) in [5.74, 6) is 6.66. The number of ether oxygens (including phenoxy) is 1. The zero-order valence-electron chi connectivity index (χ0n) is 14.8. The molecule has 0 saturated carbocycles. The van der Waals surface area contributed by atoms with Gasteiger partial charge in [0.1, 0.15) is 18.2 Å². The Balaban J connectivity index is 1.99. The van der Waals surface area contributed by atoms with Gasteiger partial charge >= 0.3 is 0 Å². The first kappa shape index (κ1) is 18.5. The van der Waals surface area contributed by atoms with Crippen LogP contribution in [0.15, 0.2) is 24.5 Å². The fourth-order valence-electron chi connectivity index (χ4n) is 3.17. The second-order valence-corrected chi connectivity index (χ2v) is 6.56. The maximum Gasteiger partial charge on any atom is 0.139 e. The van der Waals surface area contributed by atoms with Gasteiger partial charge in [-0.2, -0.15) is 5.26 Å². The zero-order valence-corrected chi connectivity index (χ0v) is 14.8. The molecule has 1 fully saturated rings. The molecule has 4 nitrogen and oxygen atoms in total. The lowest BCUT2D eigenvalue weighted by atomic mass is 9.96. The van der Waals surface area contributed by atoms with E-state index in [0.717, 1.165) is 19.5 Å². The van der Waals surface area contributed by atoms with Gasteiger partial charge < -0.3 is 9.64 Å². The number of nitrogens with zero attached hydrogens (tertiary/aromatic N) is 2. The number of rotatable bonds is 6. The Kier molecular flexibility index (Phi) is 7.25. The van der Waals surface area contributed by atoms with Crippen LogP contribution in [0, 0.1) is 23.2 Å². The first-order valence-electron chi connectivity index (χ1n) is 8.94. The van der Waals surface area contributed by atoms with Crippen molar-refractivity contribution in [3.05, 3.63) is 30.1 Å². The topological polar surface area (TPSA) is 50.4 Å². The third-order valence-electron chi connectivity index (χ3n) is 4.80. The second kappa shape index (κ2) is 9.42. The van der Waals surface area contributed by atoms with Gasteiger partial charge in [0.2, 0.25) is 0 Å². The van der Waals surface area contributed by atoms with E-state index in [9.17, 15) is 0 Å². The fraction of sp³-hybridized carbons (Fsp3) is 0.600. The molecular weight excluding hydrogens is 298 g/mol. The number of pyridine rings is 1. The molecule has 24 heavy (non-hydrogen) atoms. The van der Waals surface area contributed by atoms with Gasteiger partial charge in [0.15, 0.2) is 0 Å². The van der Waals surface area contributed by atoms with E-state index in [4.69, 9.17) is 10.00 Å². The SMILES string of the molecule is CC[C@@](C)(C#CC[NH+]1CCCC[C@H]1c1cccnc1)OCCC#N. The van der Waals surface area contributed by atoms with Gasteiger partial charge in [0, 0.05) is 24.4 Å². The average Bonchev–Trinajstić information content (AvgIpc) is 2.63. The fourth-order valence-corrected chi connectivity index (χ4v) is 3.17. The predicted molar refractivity (Wildman–Crippen MR) is 94.2 cm³/mol. The van der Waals surface area contributed by atoms with Gasteiger partial charge in [-0.3, -0.25) is 4.98 Å². The molecule has 1 saturated heterocycles. The van der Waals surface area contributed by atoms with Crippen molar-refractivity contribution in [3.63, 3.8) is 0 Å². The molecule has 2 heterocycles. The first-order chi connectivity index (χ1) is 11.7. The van der Waals surface area contributed by atoms with Gasteiger partial charge in [0.05, 0.1) is 25.6 Å². The van der Waals surface area contributed by atoms with Crippen LogP contribution in [0.25, 0.3) is 0 Å². The molecule has 0 bridgehead atoms. The van der Waals surface area contributed by atoms with Crippen LogP contribution in [0.1, 0.15) is 57.6 Å². The van der Waals surface area contributed by atoms with Crippen LogP contribution in [0.3, 0.4) is 0 Å². The molecule has 0 amide bonds. The summed E-state index contributed by atoms with van der Waals surface area (Å²) in [5, 5.41) is 8.64. The largest absolute Gasteiger partial charge is 0.362 e. The van der Waals surface area contributed by atoms with Crippen LogP contribution < -0.4 is 4.90 Å². The highest BCUT2D eigenvalue weighted by Crippen LogP contribution is 2.18. The van der Waals surface area contributed by atoms with E-state index in [-0.39, 0.29) is 0 Å². The minimum Gasteiger partial charge on any atom is -0.362 e. The summed E-state index contributed by atoms with van der Waals surface area (Å²) < 4.78 is 5.80. The summed E-state index contributed by atoms with van der Waals surface area (Å²) in [6, 6.07) is 6.80. The van der Waals surface area contributed by atoms with Crippen LogP contribution in [0.4, 0.5) is 0 Å². The maximum absolute atomic E-state index is 8.64. The third-order valence-corrected chi connectivity index (χ3v) is 4.80. The van der Waals surface area contributed by atoms with Crippen LogP contribution in [-0.4, -0.2) is 30.3 Å². The van der Waals surface area contributed by atoms with E-state index < -0.39 is 5.60 Å². The number of hydrogen-bond donors (Lipinski definition) is 1. The molecule has 128 valence electrons. The Morgan fingerprint density at radius 3 is 3.04 bits per heavy atom. The summed E-state index contributed by atoms with van der Waals surface area (Å²) in [4.78, 5) is 5.80. The highest BCUT2D eigenvalue weighted by Gasteiger charge is 2.27. The lowest BCUT2D eigenvalue weighted by molar-refractivity contribution is -0.930. The number of piperidine rings is 1. The monoisotopic (exact) mass is 326 g/mol. The molecular formula is C20H28N3O+. The van der Waals surface area contributed by atoms with E-state index in [2.05, 4.69) is 35.9 Å². The smallest absolute Gasteiger partial charge is 0.139 e. The third kappa shape index (κ3) is 5.34. The van der Waals surface area contributed by atoms with Crippen LogP contribution in [0.5, 0.6) is 0 Å². The Hall–Kier alpha value is -1.88. The summed E-state index contributed by atoms with van der Waals surface area (Å²) in [6.45, 7) is 6.53. The molecule has 0 spiro atoms. The Morgan fingerprint density at radius 2 is 2.33 bits per heavy atom. The number of nitrogens with one attached hydrogen (secondary N) is 1. The predicted octanol–water partition coefficient (Wildman–Crippen LogP) is 2.29. The molecule has 0 aliphatic carbocycles. The number of aromatic nitrogens is 1. The molecule has 4 heteroatoms. The van der Waals surface area contributed by atoms with Crippen molar-refractivity contribution in [3.8, 4) is 17.9 Å². The Labute approximate surface area is 145 Å². The van der Waals surface area contributed by atoms with Crippen LogP contribution in [-0.2, 0) is 4.74 Å². The van der Waals surface area contributed by atoms with Crippen molar-refractivity contribution in [2.24, 2.45) is 0 Å². The number of hydrogen-bond acceptors (Lipinski definition) is 3. The van der Waals surface area contributed by atoms with Crippen molar-refractivity contribution < 1.29 is 9.64 Å². The van der Waals surface area contributed by atoms with Crippen molar-refractivity contribution in [1.82, 2.24) is 4.98 Å². The highest BCUT2D eigenvalue weighted by molar-refractivity contribution is 5.14. The first-order valence-corrected chi connectivity index (χ1v) is 8.94. The van der Waals surface area contributed by atoms with E-state index in [1.54, 1.807) is 0 Å². The van der Waals surface area contributed by atoms with Crippen LogP contribution in [0.2, 0.25) is 0 Å². The molecule has 1 unspecified atom stereocenters. The molecule has 1 N–H and O–H groups in total. The second-order valence-electron chi connectivity index (χ2n) is 6.56. The molecule has 0 aromatic carbocycles. The van der Waals surface area contributed by atoms with E-state index in [1.165, 1.54) is 29.7 Å². The molecule has 1 aromatic heterocycles. The molecule has 2 rings (SSSR count). The summed E-state index contributed by atoms with van der Waals surface area (Å²) in [7, 11) is 0. The van der Waals surface area contributed by atoms with Crippen LogP contribution >= 0.6 is 0 Å². The molecule has 3 atom stereocenters. The minimum atomic E-state index is -0.449. The maximum atomic E-state index is 8.64. The average molecular weight is 326 g/mol. The number of quaternary nitrogens is 1. The normalized spacial score (nSPS) is 22.7. The molecule has 0 radical (unpaired) electrons. The number of nitriles is 1. The minimum absolute atomic E-state index is 0.414. The Morgan fingerprint density at radius 1 is 1.46 bits per heavy atom. The van der Waals surface area contributed by atoms with Crippen molar-refractivity contribution in [2.75, 3.05) is 19.7 Å². The van der Waals surface area contributed by atoms with Gasteiger partial charge in [-0.15, -0.1) is 0 Å². The van der Waals surface area contributed by atoms with E-state index in [1.807, 2.05) is 25.4 Å². The molecule has 1 aliphatic rings. The van der Waals surface area contributed by atoms with Gasteiger partial charge in [0.25, 0.3) is 0 Å². The standard InChI is InChI=1S/C20H27N3O/c1-3-20(2,24-16-8-12-21)11-7-15-23-14-5-4-10-19(23)18-9-6-13-22-17-18/h6,9,13,17,19H,3-5,8,10,14-16H2,1-2H3/p+1/t19-,20-/m0/s1. The molecule has 1 aliphatic heterocycles. The van der Waals surface area contributed by atoms with E-state index >= 15 is 0 Å². The Bertz CT molecular complexity index is 599. The highest BCUT2D eigenvalue weighted by atomic mass is 16.5. The van der Waals surface area contributed by atoms with Crippen molar-refractivity contribution in [2.45, 2.75) is 57.6 Å². The number of likely N-dealkylation sites (tertiary alicyclic amines) is 1. The van der Waals surface area contributed by atoms with Gasteiger partial charge in [-0.1, -0.05) is 18.9 Å². The van der Waals surface area contributed by atoms with Gasteiger partial charge in [-0.05, 0) is 38.2 Å². The lowest BCUT2D eigenvalue weighted by Gasteiger charge is -2.31. The summed E-state index contributed by atoms with van der Waals surface area (Å²) >= 11 is 0. The lowest BCUT2D eigenvalue weighted by Crippen LogP contribution is -3.13. The molecule has 1 aromatic rings. The zero-order chi connectivity index (χ0) is 17.3. The van der Waals surface area contributed by atoms with Crippen molar-refractivity contribution in [1.29, 1.82) is 5.26 Å². The van der Waals surface area contributed by atoms with Crippen molar-refractivity contribution >= 4 is 0 Å². The summed E-state index contributed by atoms with van der Waals surface area (Å²) in [6.07, 6.45) is 8.80.